The minimum absolute atomic E-state index is 0.0446. The van der Waals surface area contributed by atoms with Crippen molar-refractivity contribution in [2.45, 2.75) is 43.7 Å². The molecule has 0 aliphatic carbocycles. The summed E-state index contributed by atoms with van der Waals surface area (Å²) in [7, 11) is -2.51. The molecule has 168 valence electrons. The maximum absolute atomic E-state index is 12.8. The SMILES string of the molecule is CONS(=O)(=O)c1ccc(C(=O)N2CCN(Cc3nnc4n3CCCCC4)CC2)cc1. The smallest absolute Gasteiger partial charge is 0.262 e. The fourth-order valence-corrected chi connectivity index (χ4v) is 4.90. The normalized spacial score (nSPS) is 17.9. The number of nitrogens with one attached hydrogen (secondary N) is 1. The quantitative estimate of drug-likeness (QED) is 0.651. The van der Waals surface area contributed by atoms with Crippen LogP contribution in [0.15, 0.2) is 29.2 Å². The van der Waals surface area contributed by atoms with Gasteiger partial charge in [-0.15, -0.1) is 10.2 Å². The summed E-state index contributed by atoms with van der Waals surface area (Å²) in [6, 6.07) is 5.87. The number of nitrogens with zero attached hydrogens (tertiary/aromatic N) is 5. The molecule has 3 heterocycles. The number of piperazine rings is 1. The van der Waals surface area contributed by atoms with Crippen LogP contribution in [0.2, 0.25) is 0 Å². The lowest BCUT2D eigenvalue weighted by Gasteiger charge is -2.34. The number of hydrogen-bond donors (Lipinski definition) is 1. The van der Waals surface area contributed by atoms with Crippen LogP contribution in [0, 0.1) is 0 Å². The molecule has 10 nitrogen and oxygen atoms in total. The lowest BCUT2D eigenvalue weighted by atomic mass is 10.2. The first-order valence-corrected chi connectivity index (χ1v) is 12.0. The van der Waals surface area contributed by atoms with Gasteiger partial charge in [0.1, 0.15) is 11.6 Å². The molecule has 1 aromatic carbocycles. The minimum atomic E-state index is -3.74. The Kier molecular flexibility index (Phi) is 6.65. The van der Waals surface area contributed by atoms with Crippen molar-refractivity contribution in [1.82, 2.24) is 29.4 Å². The summed E-state index contributed by atoms with van der Waals surface area (Å²) < 4.78 is 26.1. The van der Waals surface area contributed by atoms with E-state index in [2.05, 4.69) is 24.5 Å². The Morgan fingerprint density at radius 2 is 1.77 bits per heavy atom. The summed E-state index contributed by atoms with van der Waals surface area (Å²) in [6.45, 7) is 4.49. The molecule has 0 saturated carbocycles. The van der Waals surface area contributed by atoms with Crippen molar-refractivity contribution in [3.63, 3.8) is 0 Å². The molecule has 4 rings (SSSR count). The fraction of sp³-hybridized carbons (Fsp3) is 0.550. The summed E-state index contributed by atoms with van der Waals surface area (Å²) in [4.78, 5) is 23.4. The van der Waals surface area contributed by atoms with Gasteiger partial charge >= 0.3 is 0 Å². The fourth-order valence-electron chi connectivity index (χ4n) is 4.09. The number of aromatic nitrogens is 3. The van der Waals surface area contributed by atoms with Gasteiger partial charge in [0.2, 0.25) is 0 Å². The van der Waals surface area contributed by atoms with E-state index in [1.165, 1.54) is 50.6 Å². The largest absolute Gasteiger partial charge is 0.336 e. The molecule has 31 heavy (non-hydrogen) atoms. The van der Waals surface area contributed by atoms with Crippen molar-refractivity contribution < 1.29 is 18.0 Å². The first-order valence-electron chi connectivity index (χ1n) is 10.6. The molecular weight excluding hydrogens is 420 g/mol. The number of carbonyl (C=O) groups excluding carboxylic acids is 1. The zero-order valence-corrected chi connectivity index (χ0v) is 18.5. The van der Waals surface area contributed by atoms with Gasteiger partial charge in [-0.1, -0.05) is 11.3 Å². The van der Waals surface area contributed by atoms with E-state index in [0.717, 1.165) is 44.2 Å². The molecule has 1 saturated heterocycles. The predicted molar refractivity (Wildman–Crippen MR) is 113 cm³/mol. The summed E-state index contributed by atoms with van der Waals surface area (Å²) >= 11 is 0. The van der Waals surface area contributed by atoms with Gasteiger partial charge in [-0.05, 0) is 37.1 Å². The van der Waals surface area contributed by atoms with E-state index < -0.39 is 10.0 Å². The monoisotopic (exact) mass is 448 g/mol. The minimum Gasteiger partial charge on any atom is -0.336 e. The van der Waals surface area contributed by atoms with Crippen molar-refractivity contribution in [1.29, 1.82) is 0 Å². The molecule has 0 atom stereocenters. The molecule has 1 aromatic heterocycles. The lowest BCUT2D eigenvalue weighted by molar-refractivity contribution is 0.0623. The average Bonchev–Trinajstić information content (AvgIpc) is 2.99. The summed E-state index contributed by atoms with van der Waals surface area (Å²) in [5, 5.41) is 8.77. The van der Waals surface area contributed by atoms with Crippen molar-refractivity contribution >= 4 is 15.9 Å². The van der Waals surface area contributed by atoms with E-state index in [9.17, 15) is 13.2 Å². The van der Waals surface area contributed by atoms with Gasteiger partial charge < -0.3 is 9.47 Å². The molecule has 0 unspecified atom stereocenters. The van der Waals surface area contributed by atoms with Crippen molar-refractivity contribution in [2.75, 3.05) is 33.3 Å². The molecule has 0 spiro atoms. The van der Waals surface area contributed by atoms with Crippen molar-refractivity contribution in [2.24, 2.45) is 0 Å². The van der Waals surface area contributed by atoms with Crippen LogP contribution in [0.3, 0.4) is 0 Å². The van der Waals surface area contributed by atoms with Gasteiger partial charge in [0.25, 0.3) is 15.9 Å². The Hall–Kier alpha value is -2.34. The van der Waals surface area contributed by atoms with E-state index in [-0.39, 0.29) is 10.8 Å². The lowest BCUT2D eigenvalue weighted by Crippen LogP contribution is -2.48. The van der Waals surface area contributed by atoms with Crippen LogP contribution in [0.25, 0.3) is 0 Å². The highest BCUT2D eigenvalue weighted by Crippen LogP contribution is 2.17. The van der Waals surface area contributed by atoms with Gasteiger partial charge in [-0.3, -0.25) is 14.5 Å². The summed E-state index contributed by atoms with van der Waals surface area (Å²) in [5.74, 6) is 2.00. The Labute approximate surface area is 182 Å². The Morgan fingerprint density at radius 3 is 2.48 bits per heavy atom. The molecule has 1 N–H and O–H groups in total. The third-order valence-corrected chi connectivity index (χ3v) is 7.09. The zero-order chi connectivity index (χ0) is 21.8. The standard InChI is InChI=1S/C20H28N6O4S/c1-30-23-31(28,29)17-8-6-16(7-9-17)20(27)25-13-11-24(12-14-25)15-19-22-21-18-5-3-2-4-10-26(18)19/h6-9,23H,2-5,10-15H2,1H3. The van der Waals surface area contributed by atoms with Crippen LogP contribution in [-0.2, 0) is 34.4 Å². The predicted octanol–water partition coefficient (Wildman–Crippen LogP) is 0.802. The molecule has 0 radical (unpaired) electrons. The third-order valence-electron chi connectivity index (χ3n) is 5.82. The van der Waals surface area contributed by atoms with Gasteiger partial charge in [0, 0.05) is 44.7 Å². The second kappa shape index (κ2) is 9.43. The molecule has 1 amide bonds. The highest BCUT2D eigenvalue weighted by molar-refractivity contribution is 7.89. The van der Waals surface area contributed by atoms with E-state index in [4.69, 9.17) is 0 Å². The highest BCUT2D eigenvalue weighted by Gasteiger charge is 2.25. The van der Waals surface area contributed by atoms with E-state index in [1.807, 2.05) is 4.89 Å². The highest BCUT2D eigenvalue weighted by atomic mass is 32.2. The van der Waals surface area contributed by atoms with Crippen molar-refractivity contribution in [3.8, 4) is 0 Å². The van der Waals surface area contributed by atoms with Crippen LogP contribution in [0.5, 0.6) is 0 Å². The molecule has 2 aromatic rings. The number of carbonyl (C=O) groups is 1. The van der Waals surface area contributed by atoms with E-state index in [0.29, 0.717) is 18.7 Å². The topological polar surface area (TPSA) is 110 Å². The Morgan fingerprint density at radius 1 is 1.03 bits per heavy atom. The molecule has 0 bridgehead atoms. The number of sulfonamides is 1. The van der Waals surface area contributed by atoms with E-state index in [1.54, 1.807) is 4.90 Å². The van der Waals surface area contributed by atoms with Crippen LogP contribution in [-0.4, -0.2) is 72.2 Å². The number of rotatable bonds is 6. The molecule has 1 fully saturated rings. The van der Waals surface area contributed by atoms with Gasteiger partial charge in [0.15, 0.2) is 0 Å². The van der Waals surface area contributed by atoms with Crippen LogP contribution < -0.4 is 4.89 Å². The summed E-state index contributed by atoms with van der Waals surface area (Å²) in [5.41, 5.74) is 0.465. The second-order valence-electron chi connectivity index (χ2n) is 7.88. The number of benzene rings is 1. The molecule has 11 heteroatoms. The number of amides is 1. The Balaban J connectivity index is 1.34. The first kappa shape index (κ1) is 21.9. The number of fused-ring (bicyclic) bond motifs is 1. The molecular formula is C20H28N6O4S. The zero-order valence-electron chi connectivity index (χ0n) is 17.7. The summed E-state index contributed by atoms with van der Waals surface area (Å²) in [6.07, 6.45) is 4.58. The molecule has 2 aliphatic heterocycles. The number of hydrogen-bond acceptors (Lipinski definition) is 7. The Bertz CT molecular complexity index is 1010. The van der Waals surface area contributed by atoms with Crippen molar-refractivity contribution in [3.05, 3.63) is 41.5 Å². The van der Waals surface area contributed by atoms with Crippen LogP contribution >= 0.6 is 0 Å². The molecule has 2 aliphatic rings. The maximum Gasteiger partial charge on any atom is 0.262 e. The maximum atomic E-state index is 12.8. The van der Waals surface area contributed by atoms with Gasteiger partial charge in [-0.2, -0.15) is 0 Å². The first-order chi connectivity index (χ1) is 15.0. The number of aryl methyl sites for hydroxylation is 1. The average molecular weight is 449 g/mol. The van der Waals surface area contributed by atoms with E-state index >= 15 is 0 Å². The third kappa shape index (κ3) is 4.95. The second-order valence-corrected chi connectivity index (χ2v) is 9.52. The van der Waals surface area contributed by atoms with Gasteiger partial charge in [0.05, 0.1) is 18.6 Å². The van der Waals surface area contributed by atoms with Gasteiger partial charge in [-0.25, -0.2) is 8.42 Å². The van der Waals surface area contributed by atoms with Crippen LogP contribution in [0.1, 0.15) is 41.3 Å². The van der Waals surface area contributed by atoms with Crippen LogP contribution in [0.4, 0.5) is 0 Å².